The third kappa shape index (κ3) is 4.45. The molecule has 2 rings (SSSR count). The fourth-order valence-electron chi connectivity index (χ4n) is 1.57. The van der Waals surface area contributed by atoms with Gasteiger partial charge in [-0.2, -0.15) is 0 Å². The van der Waals surface area contributed by atoms with Crippen molar-refractivity contribution < 1.29 is 13.2 Å². The fourth-order valence-corrected chi connectivity index (χ4v) is 5.06. The molecule has 0 heterocycles. The number of rotatable bonds is 3. The molecule has 0 aliphatic carbocycles. The largest absolute Gasteiger partial charge is 0.268 e. The molecule has 0 spiro atoms. The Morgan fingerprint density at radius 3 is 2.23 bits per heavy atom. The number of hydrogen-bond donors (Lipinski definition) is 1. The Kier molecular flexibility index (Phi) is 6.36. The van der Waals surface area contributed by atoms with Crippen LogP contribution in [0.4, 0.5) is 0 Å². The topological polar surface area (TPSA) is 63.2 Å². The molecule has 1 N–H and O–H groups in total. The number of sulfonamides is 1. The molecule has 0 unspecified atom stereocenters. The first-order chi connectivity index (χ1) is 10.2. The van der Waals surface area contributed by atoms with E-state index in [-0.39, 0.29) is 4.90 Å². The molecule has 0 saturated carbocycles. The second-order valence-corrected chi connectivity index (χ2v) is 9.74. The van der Waals surface area contributed by atoms with Crippen LogP contribution in [-0.2, 0) is 10.0 Å². The van der Waals surface area contributed by atoms with Crippen molar-refractivity contribution in [3.05, 3.63) is 57.7 Å². The van der Waals surface area contributed by atoms with Gasteiger partial charge in [-0.25, -0.2) is 13.1 Å². The van der Waals surface area contributed by atoms with E-state index in [1.165, 1.54) is 24.3 Å². The molecule has 0 bridgehead atoms. The molecule has 0 aromatic heterocycles. The van der Waals surface area contributed by atoms with Crippen LogP contribution in [-0.4, -0.2) is 14.3 Å². The maximum atomic E-state index is 12.3. The van der Waals surface area contributed by atoms with Crippen molar-refractivity contribution in [3.63, 3.8) is 0 Å². The molecule has 0 aliphatic heterocycles. The number of carbonyl (C=O) groups is 1. The van der Waals surface area contributed by atoms with Crippen LogP contribution in [0.2, 0.25) is 5.02 Å². The van der Waals surface area contributed by atoms with Gasteiger partial charge in [0.25, 0.3) is 15.9 Å². The van der Waals surface area contributed by atoms with E-state index >= 15 is 0 Å². The smallest absolute Gasteiger partial charge is 0.266 e. The Labute approximate surface area is 173 Å². The van der Waals surface area contributed by atoms with E-state index in [1.807, 2.05) is 28.7 Å². The first-order valence-corrected chi connectivity index (χ1v) is 10.8. The Morgan fingerprint density at radius 2 is 1.64 bits per heavy atom. The van der Waals surface area contributed by atoms with Gasteiger partial charge in [-0.3, -0.25) is 4.79 Å². The summed E-state index contributed by atoms with van der Waals surface area (Å²) in [4.78, 5) is 12.3. The van der Waals surface area contributed by atoms with Crippen LogP contribution in [0.5, 0.6) is 0 Å². The lowest BCUT2D eigenvalue weighted by Crippen LogP contribution is -2.31. The quantitative estimate of drug-likeness (QED) is 0.392. The normalized spacial score (nSPS) is 11.3. The van der Waals surface area contributed by atoms with Gasteiger partial charge in [0.05, 0.1) is 10.5 Å². The summed E-state index contributed by atoms with van der Waals surface area (Å²) < 4.78 is 29.0. The van der Waals surface area contributed by atoms with Crippen LogP contribution in [0.3, 0.4) is 0 Å². The lowest BCUT2D eigenvalue weighted by atomic mass is 10.2. The van der Waals surface area contributed by atoms with E-state index in [2.05, 4.69) is 49.9 Å². The van der Waals surface area contributed by atoms with Gasteiger partial charge in [0.15, 0.2) is 0 Å². The molecule has 116 valence electrons. The average Bonchev–Trinajstić information content (AvgIpc) is 2.42. The summed E-state index contributed by atoms with van der Waals surface area (Å²) in [6.07, 6.45) is 0. The van der Waals surface area contributed by atoms with Gasteiger partial charge in [0.1, 0.15) is 0 Å². The zero-order chi connectivity index (χ0) is 16.5. The molecule has 2 aromatic carbocycles. The highest BCUT2D eigenvalue weighted by molar-refractivity contribution is 14.1. The summed E-state index contributed by atoms with van der Waals surface area (Å²) in [5, 5.41) is 0.423. The number of nitrogens with one attached hydrogen (secondary N) is 1. The van der Waals surface area contributed by atoms with Gasteiger partial charge in [-0.05, 0) is 104 Å². The third-order valence-electron chi connectivity index (χ3n) is 2.59. The van der Waals surface area contributed by atoms with Gasteiger partial charge in [0, 0.05) is 15.7 Å². The van der Waals surface area contributed by atoms with Crippen molar-refractivity contribution in [3.8, 4) is 0 Å². The molecule has 9 heteroatoms. The van der Waals surface area contributed by atoms with Crippen molar-refractivity contribution in [2.24, 2.45) is 0 Å². The summed E-state index contributed by atoms with van der Waals surface area (Å²) in [5.41, 5.74) is 0.328. The highest BCUT2D eigenvalue weighted by Gasteiger charge is 2.21. The number of hydrogen-bond acceptors (Lipinski definition) is 3. The Bertz CT molecular complexity index is 838. The molecule has 22 heavy (non-hydrogen) atoms. The highest BCUT2D eigenvalue weighted by atomic mass is 127. The summed E-state index contributed by atoms with van der Waals surface area (Å²) in [7, 11) is -3.93. The van der Waals surface area contributed by atoms with Crippen molar-refractivity contribution >= 4 is 95.3 Å². The summed E-state index contributed by atoms with van der Waals surface area (Å²) in [6, 6.07) is 9.17. The van der Waals surface area contributed by atoms with Crippen LogP contribution >= 0.6 is 79.4 Å². The van der Waals surface area contributed by atoms with E-state index < -0.39 is 15.9 Å². The molecule has 0 aliphatic rings. The Hall–Kier alpha value is 0.340. The van der Waals surface area contributed by atoms with Gasteiger partial charge < -0.3 is 0 Å². The van der Waals surface area contributed by atoms with Crippen LogP contribution in [0.25, 0.3) is 0 Å². The minimum absolute atomic E-state index is 0.0133. The summed E-state index contributed by atoms with van der Waals surface area (Å²) in [6.45, 7) is 0. The highest BCUT2D eigenvalue weighted by Crippen LogP contribution is 2.23. The second-order valence-electron chi connectivity index (χ2n) is 4.14. The van der Waals surface area contributed by atoms with E-state index in [4.69, 9.17) is 11.6 Å². The van der Waals surface area contributed by atoms with Crippen molar-refractivity contribution in [1.29, 1.82) is 0 Å². The lowest BCUT2D eigenvalue weighted by molar-refractivity contribution is 0.0980. The third-order valence-corrected chi connectivity index (χ3v) is 7.86. The lowest BCUT2D eigenvalue weighted by Gasteiger charge is -2.10. The zero-order valence-electron chi connectivity index (χ0n) is 10.6. The van der Waals surface area contributed by atoms with Crippen LogP contribution in [0.15, 0.2) is 41.3 Å². The van der Waals surface area contributed by atoms with Crippen LogP contribution < -0.4 is 4.72 Å². The Morgan fingerprint density at radius 1 is 1.05 bits per heavy atom. The molecule has 0 radical (unpaired) electrons. The number of carbonyl (C=O) groups excluding carboxylic acids is 1. The van der Waals surface area contributed by atoms with Gasteiger partial charge in [0.2, 0.25) is 0 Å². The molecule has 2 aromatic rings. The minimum Gasteiger partial charge on any atom is -0.268 e. The summed E-state index contributed by atoms with van der Waals surface area (Å²) >= 11 is 11.9. The molecule has 1 amide bonds. The maximum absolute atomic E-state index is 12.3. The molecule has 0 saturated heterocycles. The first-order valence-electron chi connectivity index (χ1n) is 5.68. The predicted molar refractivity (Wildman–Crippen MR) is 111 cm³/mol. The van der Waals surface area contributed by atoms with Crippen molar-refractivity contribution in [2.75, 3.05) is 0 Å². The van der Waals surface area contributed by atoms with Crippen molar-refractivity contribution in [2.45, 2.75) is 4.90 Å². The molecule has 0 fully saturated rings. The maximum Gasteiger partial charge on any atom is 0.266 e. The zero-order valence-corrected chi connectivity index (χ0v) is 18.7. The summed E-state index contributed by atoms with van der Waals surface area (Å²) in [5.74, 6) is -0.657. The number of benzene rings is 2. The minimum atomic E-state index is -3.93. The molecular weight excluding hydrogens is 666 g/mol. The molecular formula is C13H7ClI3NO3S. The van der Waals surface area contributed by atoms with E-state index in [0.717, 1.165) is 7.14 Å². The van der Waals surface area contributed by atoms with E-state index in [9.17, 15) is 13.2 Å². The average molecular weight is 673 g/mol. The SMILES string of the molecule is O=C(NS(=O)(=O)c1ccc(Cl)cc1)c1cc(I)cc(I)c1I. The molecule has 0 atom stereocenters. The van der Waals surface area contributed by atoms with Crippen LogP contribution in [0, 0.1) is 10.7 Å². The standard InChI is InChI=1S/C13H7ClI3NO3S/c14-7-1-3-9(4-2-7)22(20,21)18-13(19)10-5-8(15)6-11(16)12(10)17/h1-6H,(H,18,19). The van der Waals surface area contributed by atoms with Gasteiger partial charge in [-0.1, -0.05) is 11.6 Å². The van der Waals surface area contributed by atoms with E-state index in [0.29, 0.717) is 14.2 Å². The monoisotopic (exact) mass is 673 g/mol. The van der Waals surface area contributed by atoms with Gasteiger partial charge >= 0.3 is 0 Å². The number of amides is 1. The van der Waals surface area contributed by atoms with Crippen molar-refractivity contribution in [1.82, 2.24) is 4.72 Å². The van der Waals surface area contributed by atoms with Gasteiger partial charge in [-0.15, -0.1) is 0 Å². The van der Waals surface area contributed by atoms with Crippen LogP contribution in [0.1, 0.15) is 10.4 Å². The second kappa shape index (κ2) is 7.49. The predicted octanol–water partition coefficient (Wildman–Crippen LogP) is 4.27. The number of halogens is 4. The Balaban J connectivity index is 2.34. The fraction of sp³-hybridized carbons (Fsp3) is 0. The van der Waals surface area contributed by atoms with E-state index in [1.54, 1.807) is 6.07 Å². The molecule has 4 nitrogen and oxygen atoms in total. The first kappa shape index (κ1) is 18.7.